The number of anilines is 1. The van der Waals surface area contributed by atoms with E-state index in [1.165, 1.54) is 21.3 Å². The fourth-order valence-corrected chi connectivity index (χ4v) is 2.92. The van der Waals surface area contributed by atoms with Crippen LogP contribution in [-0.2, 0) is 11.2 Å². The molecule has 0 aromatic heterocycles. The first kappa shape index (κ1) is 17.6. The van der Waals surface area contributed by atoms with E-state index in [1.54, 1.807) is 12.1 Å². The number of nitrogens with one attached hydrogen (secondary N) is 2. The maximum atomic E-state index is 12.7. The van der Waals surface area contributed by atoms with E-state index in [0.29, 0.717) is 29.2 Å². The molecule has 0 radical (unpaired) electrons. The Morgan fingerprint density at radius 3 is 2.35 bits per heavy atom. The number of carbonyl (C=O) groups excluding carboxylic acids is 2. The van der Waals surface area contributed by atoms with Crippen molar-refractivity contribution >= 4 is 17.5 Å². The van der Waals surface area contributed by atoms with E-state index in [0.717, 1.165) is 11.3 Å². The van der Waals surface area contributed by atoms with E-state index < -0.39 is 11.9 Å². The largest absolute Gasteiger partial charge is 0.493 e. The van der Waals surface area contributed by atoms with Gasteiger partial charge >= 0.3 is 0 Å². The molecule has 0 bridgehead atoms. The van der Waals surface area contributed by atoms with Crippen LogP contribution in [0.1, 0.15) is 15.9 Å². The maximum Gasteiger partial charge on any atom is 0.252 e. The molecule has 2 aromatic rings. The first-order chi connectivity index (χ1) is 12.6. The van der Waals surface area contributed by atoms with Gasteiger partial charge in [-0.05, 0) is 23.8 Å². The molecule has 2 aromatic carbocycles. The summed E-state index contributed by atoms with van der Waals surface area (Å²) in [6.45, 7) is 0. The third-order valence-corrected chi connectivity index (χ3v) is 4.25. The number of fused-ring (bicyclic) bond motifs is 1. The average molecular weight is 356 g/mol. The molecule has 0 spiro atoms. The third kappa shape index (κ3) is 3.28. The SMILES string of the molecule is COc1cc(C(=O)NC2Cc3ccccc3NC2=O)cc(OC)c1OC. The highest BCUT2D eigenvalue weighted by Crippen LogP contribution is 2.38. The molecule has 1 aliphatic heterocycles. The molecular weight excluding hydrogens is 336 g/mol. The number of carbonyl (C=O) groups is 2. The van der Waals surface area contributed by atoms with Gasteiger partial charge in [-0.15, -0.1) is 0 Å². The van der Waals surface area contributed by atoms with Crippen LogP contribution in [0.25, 0.3) is 0 Å². The van der Waals surface area contributed by atoms with Crippen molar-refractivity contribution in [3.8, 4) is 17.2 Å². The van der Waals surface area contributed by atoms with Gasteiger partial charge in [-0.25, -0.2) is 0 Å². The topological polar surface area (TPSA) is 85.9 Å². The Morgan fingerprint density at radius 1 is 1.08 bits per heavy atom. The molecule has 7 nitrogen and oxygen atoms in total. The number of hydrogen-bond acceptors (Lipinski definition) is 5. The van der Waals surface area contributed by atoms with Crippen molar-refractivity contribution in [2.75, 3.05) is 26.6 Å². The fourth-order valence-electron chi connectivity index (χ4n) is 2.92. The normalized spacial score (nSPS) is 15.5. The first-order valence-electron chi connectivity index (χ1n) is 8.07. The fraction of sp³-hybridized carbons (Fsp3) is 0.263. The molecule has 1 atom stereocenters. The van der Waals surface area contributed by atoms with Gasteiger partial charge in [0.15, 0.2) is 11.5 Å². The molecule has 0 saturated carbocycles. The van der Waals surface area contributed by atoms with Crippen molar-refractivity contribution in [1.29, 1.82) is 0 Å². The van der Waals surface area contributed by atoms with Crippen molar-refractivity contribution in [2.24, 2.45) is 0 Å². The quantitative estimate of drug-likeness (QED) is 0.856. The zero-order valence-corrected chi connectivity index (χ0v) is 14.8. The lowest BCUT2D eigenvalue weighted by Crippen LogP contribution is -2.47. The van der Waals surface area contributed by atoms with E-state index >= 15 is 0 Å². The Morgan fingerprint density at radius 2 is 1.73 bits per heavy atom. The summed E-state index contributed by atoms with van der Waals surface area (Å²) in [5, 5.41) is 5.57. The highest BCUT2D eigenvalue weighted by Gasteiger charge is 2.28. The van der Waals surface area contributed by atoms with Gasteiger partial charge in [-0.2, -0.15) is 0 Å². The van der Waals surface area contributed by atoms with Crippen LogP contribution < -0.4 is 24.8 Å². The first-order valence-corrected chi connectivity index (χ1v) is 8.07. The Kier molecular flexibility index (Phi) is 4.97. The van der Waals surface area contributed by atoms with E-state index in [2.05, 4.69) is 10.6 Å². The Hall–Kier alpha value is -3.22. The van der Waals surface area contributed by atoms with Crippen molar-refractivity contribution in [3.05, 3.63) is 47.5 Å². The van der Waals surface area contributed by atoms with Crippen LogP contribution in [0.4, 0.5) is 5.69 Å². The van der Waals surface area contributed by atoms with Gasteiger partial charge in [-0.1, -0.05) is 18.2 Å². The second-order valence-electron chi connectivity index (χ2n) is 5.79. The zero-order valence-electron chi connectivity index (χ0n) is 14.8. The third-order valence-electron chi connectivity index (χ3n) is 4.25. The van der Waals surface area contributed by atoms with E-state index in [-0.39, 0.29) is 5.91 Å². The maximum absolute atomic E-state index is 12.7. The highest BCUT2D eigenvalue weighted by atomic mass is 16.5. The molecule has 3 rings (SSSR count). The number of para-hydroxylation sites is 1. The molecule has 2 N–H and O–H groups in total. The minimum atomic E-state index is -0.656. The number of methoxy groups -OCH3 is 3. The van der Waals surface area contributed by atoms with Crippen molar-refractivity contribution < 1.29 is 23.8 Å². The smallest absolute Gasteiger partial charge is 0.252 e. The van der Waals surface area contributed by atoms with Gasteiger partial charge < -0.3 is 24.8 Å². The predicted molar refractivity (Wildman–Crippen MR) is 96.1 cm³/mol. The molecule has 0 saturated heterocycles. The van der Waals surface area contributed by atoms with Crippen LogP contribution in [0.3, 0.4) is 0 Å². The lowest BCUT2D eigenvalue weighted by Gasteiger charge is -2.25. The van der Waals surface area contributed by atoms with Gasteiger partial charge in [0.1, 0.15) is 6.04 Å². The lowest BCUT2D eigenvalue weighted by molar-refractivity contribution is -0.118. The minimum absolute atomic E-state index is 0.246. The molecule has 1 unspecified atom stereocenters. The molecule has 2 amide bonds. The van der Waals surface area contributed by atoms with Crippen LogP contribution in [0.2, 0.25) is 0 Å². The summed E-state index contributed by atoms with van der Waals surface area (Å²) in [7, 11) is 4.44. The Labute approximate surface area is 151 Å². The summed E-state index contributed by atoms with van der Waals surface area (Å²) in [5.41, 5.74) is 2.06. The van der Waals surface area contributed by atoms with Gasteiger partial charge in [0.25, 0.3) is 5.91 Å². The molecule has 1 heterocycles. The molecule has 0 aliphatic carbocycles. The average Bonchev–Trinajstić information content (AvgIpc) is 2.67. The number of ether oxygens (including phenoxy) is 3. The Bertz CT molecular complexity index is 825. The van der Waals surface area contributed by atoms with E-state index in [1.807, 2.05) is 24.3 Å². The highest BCUT2D eigenvalue weighted by molar-refractivity contribution is 6.03. The summed E-state index contributed by atoms with van der Waals surface area (Å²) in [5.74, 6) is 0.495. The molecule has 7 heteroatoms. The van der Waals surface area contributed by atoms with Gasteiger partial charge in [0.05, 0.1) is 21.3 Å². The summed E-state index contributed by atoms with van der Waals surface area (Å²) >= 11 is 0. The predicted octanol–water partition coefficient (Wildman–Crippen LogP) is 2.01. The summed E-state index contributed by atoms with van der Waals surface area (Å²) in [6, 6.07) is 9.95. The molecule has 1 aliphatic rings. The monoisotopic (exact) mass is 356 g/mol. The van der Waals surface area contributed by atoms with Crippen LogP contribution in [0.15, 0.2) is 36.4 Å². The molecule has 0 fully saturated rings. The molecule has 26 heavy (non-hydrogen) atoms. The van der Waals surface area contributed by atoms with Crippen LogP contribution >= 0.6 is 0 Å². The number of hydrogen-bond donors (Lipinski definition) is 2. The van der Waals surface area contributed by atoms with Gasteiger partial charge in [-0.3, -0.25) is 9.59 Å². The molecular formula is C19H20N2O5. The number of amides is 2. The van der Waals surface area contributed by atoms with Crippen LogP contribution in [0, 0.1) is 0 Å². The zero-order chi connectivity index (χ0) is 18.7. The van der Waals surface area contributed by atoms with Crippen LogP contribution in [0.5, 0.6) is 17.2 Å². The minimum Gasteiger partial charge on any atom is -0.493 e. The summed E-state index contributed by atoms with van der Waals surface area (Å²) in [6.07, 6.45) is 0.429. The standard InChI is InChI=1S/C19H20N2O5/c1-24-15-9-12(10-16(25-2)17(15)26-3)18(22)21-14-8-11-6-4-5-7-13(11)20-19(14)23/h4-7,9-10,14H,8H2,1-3H3,(H,20,23)(H,21,22). The second-order valence-corrected chi connectivity index (χ2v) is 5.79. The van der Waals surface area contributed by atoms with Crippen LogP contribution in [-0.4, -0.2) is 39.2 Å². The summed E-state index contributed by atoms with van der Waals surface area (Å²) < 4.78 is 15.8. The van der Waals surface area contributed by atoms with Crippen molar-refractivity contribution in [1.82, 2.24) is 5.32 Å². The van der Waals surface area contributed by atoms with E-state index in [9.17, 15) is 9.59 Å². The van der Waals surface area contributed by atoms with Gasteiger partial charge in [0.2, 0.25) is 11.7 Å². The van der Waals surface area contributed by atoms with Crippen molar-refractivity contribution in [2.45, 2.75) is 12.5 Å². The molecule has 136 valence electrons. The number of benzene rings is 2. The summed E-state index contributed by atoms with van der Waals surface area (Å²) in [4.78, 5) is 24.9. The van der Waals surface area contributed by atoms with Gasteiger partial charge in [0, 0.05) is 17.7 Å². The van der Waals surface area contributed by atoms with Crippen molar-refractivity contribution in [3.63, 3.8) is 0 Å². The van der Waals surface area contributed by atoms with E-state index in [4.69, 9.17) is 14.2 Å². The second kappa shape index (κ2) is 7.35. The Balaban J connectivity index is 1.83. The lowest BCUT2D eigenvalue weighted by atomic mass is 9.98. The number of rotatable bonds is 5.